The van der Waals surface area contributed by atoms with Crippen molar-refractivity contribution in [2.45, 2.75) is 13.8 Å². The molecule has 4 nitrogen and oxygen atoms in total. The average molecular weight is 195 g/mol. The molecule has 1 aromatic rings. The summed E-state index contributed by atoms with van der Waals surface area (Å²) in [7, 11) is 1.71. The second kappa shape index (κ2) is 5.54. The van der Waals surface area contributed by atoms with Crippen molar-refractivity contribution in [2.75, 3.05) is 25.6 Å². The maximum atomic E-state index is 5.04. The first-order valence-corrected chi connectivity index (χ1v) is 4.74. The molecule has 1 rings (SSSR count). The summed E-state index contributed by atoms with van der Waals surface area (Å²) in [6.07, 6.45) is 1.57. The molecule has 0 saturated heterocycles. The molecule has 1 heterocycles. The van der Waals surface area contributed by atoms with Gasteiger partial charge in [0.1, 0.15) is 12.1 Å². The highest BCUT2D eigenvalue weighted by Gasteiger charge is 2.01. The minimum Gasteiger partial charge on any atom is -0.384 e. The monoisotopic (exact) mass is 195 g/mol. The molecule has 0 bridgehead atoms. The van der Waals surface area contributed by atoms with Gasteiger partial charge in [0.05, 0.1) is 6.61 Å². The molecule has 0 aliphatic carbocycles. The predicted octanol–water partition coefficient (Wildman–Crippen LogP) is 1.48. The molecule has 14 heavy (non-hydrogen) atoms. The number of anilines is 1. The molecule has 0 fully saturated rings. The van der Waals surface area contributed by atoms with E-state index in [1.165, 1.54) is 0 Å². The SMILES string of the molecule is COCC(C)CNc1cc(C)ncn1. The van der Waals surface area contributed by atoms with Crippen LogP contribution in [0.25, 0.3) is 0 Å². The van der Waals surface area contributed by atoms with Crippen molar-refractivity contribution in [3.8, 4) is 0 Å². The number of nitrogens with one attached hydrogen (secondary N) is 1. The zero-order chi connectivity index (χ0) is 10.4. The van der Waals surface area contributed by atoms with Crippen molar-refractivity contribution in [1.29, 1.82) is 0 Å². The highest BCUT2D eigenvalue weighted by molar-refractivity contribution is 5.34. The summed E-state index contributed by atoms with van der Waals surface area (Å²) in [5.41, 5.74) is 0.974. The number of nitrogens with zero attached hydrogens (tertiary/aromatic N) is 2. The van der Waals surface area contributed by atoms with Gasteiger partial charge in [-0.15, -0.1) is 0 Å². The molecule has 0 spiro atoms. The van der Waals surface area contributed by atoms with Gasteiger partial charge in [-0.1, -0.05) is 6.92 Å². The Kier molecular flexibility index (Phi) is 4.32. The summed E-state index contributed by atoms with van der Waals surface area (Å²) in [5.74, 6) is 1.36. The van der Waals surface area contributed by atoms with Gasteiger partial charge in [0.25, 0.3) is 0 Å². The van der Waals surface area contributed by atoms with Crippen molar-refractivity contribution < 1.29 is 4.74 Å². The second-order valence-corrected chi connectivity index (χ2v) is 3.49. The van der Waals surface area contributed by atoms with Crippen molar-refractivity contribution in [3.63, 3.8) is 0 Å². The topological polar surface area (TPSA) is 47.0 Å². The largest absolute Gasteiger partial charge is 0.384 e. The van der Waals surface area contributed by atoms with Crippen LogP contribution in [0.5, 0.6) is 0 Å². The van der Waals surface area contributed by atoms with Crippen LogP contribution >= 0.6 is 0 Å². The second-order valence-electron chi connectivity index (χ2n) is 3.49. The molecule has 0 aliphatic rings. The fourth-order valence-corrected chi connectivity index (χ4v) is 1.17. The van der Waals surface area contributed by atoms with E-state index in [0.717, 1.165) is 24.7 Å². The molecule has 0 aliphatic heterocycles. The molecule has 0 aromatic carbocycles. The van der Waals surface area contributed by atoms with Crippen LogP contribution in [0, 0.1) is 12.8 Å². The van der Waals surface area contributed by atoms with E-state index in [2.05, 4.69) is 22.2 Å². The van der Waals surface area contributed by atoms with Crippen LogP contribution in [-0.4, -0.2) is 30.2 Å². The van der Waals surface area contributed by atoms with E-state index < -0.39 is 0 Å². The summed E-state index contributed by atoms with van der Waals surface area (Å²) < 4.78 is 5.04. The van der Waals surface area contributed by atoms with Gasteiger partial charge in [-0.2, -0.15) is 0 Å². The molecule has 0 saturated carbocycles. The van der Waals surface area contributed by atoms with Crippen LogP contribution in [0.4, 0.5) is 5.82 Å². The third-order valence-corrected chi connectivity index (χ3v) is 1.89. The van der Waals surface area contributed by atoms with E-state index in [1.54, 1.807) is 13.4 Å². The molecule has 1 aromatic heterocycles. The molecule has 78 valence electrons. The molecule has 0 radical (unpaired) electrons. The summed E-state index contributed by atoms with van der Waals surface area (Å²) in [6.45, 7) is 5.71. The molecule has 1 N–H and O–H groups in total. The van der Waals surface area contributed by atoms with E-state index in [-0.39, 0.29) is 0 Å². The fraction of sp³-hybridized carbons (Fsp3) is 0.600. The molecule has 0 amide bonds. The van der Waals surface area contributed by atoms with Crippen LogP contribution in [0.15, 0.2) is 12.4 Å². The third kappa shape index (κ3) is 3.70. The first-order valence-electron chi connectivity index (χ1n) is 4.74. The number of rotatable bonds is 5. The predicted molar refractivity (Wildman–Crippen MR) is 56.3 cm³/mol. The van der Waals surface area contributed by atoms with Crippen LogP contribution < -0.4 is 5.32 Å². The van der Waals surface area contributed by atoms with Gasteiger partial charge in [-0.3, -0.25) is 0 Å². The van der Waals surface area contributed by atoms with Crippen molar-refractivity contribution >= 4 is 5.82 Å². The average Bonchev–Trinajstić information content (AvgIpc) is 2.15. The lowest BCUT2D eigenvalue weighted by Crippen LogP contribution is -2.16. The van der Waals surface area contributed by atoms with Gasteiger partial charge < -0.3 is 10.1 Å². The van der Waals surface area contributed by atoms with Crippen molar-refractivity contribution in [1.82, 2.24) is 9.97 Å². The quantitative estimate of drug-likeness (QED) is 0.773. The maximum Gasteiger partial charge on any atom is 0.129 e. The zero-order valence-corrected chi connectivity index (χ0v) is 8.95. The highest BCUT2D eigenvalue weighted by atomic mass is 16.5. The minimum absolute atomic E-state index is 0.482. The lowest BCUT2D eigenvalue weighted by molar-refractivity contribution is 0.164. The Hall–Kier alpha value is -1.16. The number of ether oxygens (including phenoxy) is 1. The van der Waals surface area contributed by atoms with Crippen LogP contribution in [0.2, 0.25) is 0 Å². The Morgan fingerprint density at radius 3 is 2.93 bits per heavy atom. The Balaban J connectivity index is 2.37. The van der Waals surface area contributed by atoms with Gasteiger partial charge in [0.2, 0.25) is 0 Å². The number of hydrogen-bond acceptors (Lipinski definition) is 4. The van der Waals surface area contributed by atoms with Crippen LogP contribution in [0.3, 0.4) is 0 Å². The Bertz CT molecular complexity index is 278. The van der Waals surface area contributed by atoms with Gasteiger partial charge in [-0.25, -0.2) is 9.97 Å². The zero-order valence-electron chi connectivity index (χ0n) is 8.95. The lowest BCUT2D eigenvalue weighted by Gasteiger charge is -2.11. The summed E-state index contributed by atoms with van der Waals surface area (Å²) in [5, 5.41) is 3.24. The van der Waals surface area contributed by atoms with Crippen molar-refractivity contribution in [3.05, 3.63) is 18.1 Å². The summed E-state index contributed by atoms with van der Waals surface area (Å²) in [6, 6.07) is 1.93. The van der Waals surface area contributed by atoms with Crippen LogP contribution in [-0.2, 0) is 4.74 Å². The van der Waals surface area contributed by atoms with E-state index in [1.807, 2.05) is 13.0 Å². The minimum atomic E-state index is 0.482. The smallest absolute Gasteiger partial charge is 0.129 e. The maximum absolute atomic E-state index is 5.04. The van der Waals surface area contributed by atoms with E-state index in [9.17, 15) is 0 Å². The van der Waals surface area contributed by atoms with Gasteiger partial charge >= 0.3 is 0 Å². The normalized spacial score (nSPS) is 12.5. The van der Waals surface area contributed by atoms with E-state index >= 15 is 0 Å². The highest BCUT2D eigenvalue weighted by Crippen LogP contribution is 2.04. The fourth-order valence-electron chi connectivity index (χ4n) is 1.17. The summed E-state index contributed by atoms with van der Waals surface area (Å²) in [4.78, 5) is 8.14. The molecular formula is C10H17N3O. The van der Waals surface area contributed by atoms with E-state index in [4.69, 9.17) is 4.74 Å². The van der Waals surface area contributed by atoms with Crippen molar-refractivity contribution in [2.24, 2.45) is 5.92 Å². The number of aromatic nitrogens is 2. The molecule has 1 atom stereocenters. The van der Waals surface area contributed by atoms with Gasteiger partial charge in [0, 0.05) is 25.4 Å². The molecular weight excluding hydrogens is 178 g/mol. The first-order chi connectivity index (χ1) is 6.72. The molecule has 1 unspecified atom stereocenters. The number of hydrogen-bond donors (Lipinski definition) is 1. The molecule has 4 heteroatoms. The number of aryl methyl sites for hydroxylation is 1. The van der Waals surface area contributed by atoms with E-state index in [0.29, 0.717) is 5.92 Å². The summed E-state index contributed by atoms with van der Waals surface area (Å²) >= 11 is 0. The van der Waals surface area contributed by atoms with Gasteiger partial charge in [-0.05, 0) is 12.8 Å². The Morgan fingerprint density at radius 1 is 1.50 bits per heavy atom. The first kappa shape index (κ1) is 10.9. The Morgan fingerprint density at radius 2 is 2.29 bits per heavy atom. The Labute approximate surface area is 84.7 Å². The third-order valence-electron chi connectivity index (χ3n) is 1.89. The van der Waals surface area contributed by atoms with Crippen LogP contribution in [0.1, 0.15) is 12.6 Å². The van der Waals surface area contributed by atoms with Gasteiger partial charge in [0.15, 0.2) is 0 Å². The standard InChI is InChI=1S/C10H17N3O/c1-8(6-14-3)5-11-10-4-9(2)12-7-13-10/h4,7-8H,5-6H2,1-3H3,(H,11,12,13). The lowest BCUT2D eigenvalue weighted by atomic mass is 10.2. The number of methoxy groups -OCH3 is 1.